The van der Waals surface area contributed by atoms with Gasteiger partial charge < -0.3 is 4.42 Å². The second-order valence-corrected chi connectivity index (χ2v) is 10.7. The van der Waals surface area contributed by atoms with E-state index < -0.39 is 84.1 Å². The number of fused-ring (bicyclic) bond motifs is 5. The van der Waals surface area contributed by atoms with Gasteiger partial charge in [0.2, 0.25) is 0 Å². The summed E-state index contributed by atoms with van der Waals surface area (Å²) in [5.41, 5.74) is 4.88. The molecule has 0 amide bonds. The van der Waals surface area contributed by atoms with Gasteiger partial charge in [0.25, 0.3) is 0 Å². The Morgan fingerprint density at radius 3 is 1.29 bits per heavy atom. The Bertz CT molecular complexity index is 3140. The molecular weight excluding hydrogens is 544 g/mol. The number of hydrogen-bond donors (Lipinski definition) is 0. The largest absolute Gasteiger partial charge is 0.456 e. The molecule has 45 heavy (non-hydrogen) atoms. The summed E-state index contributed by atoms with van der Waals surface area (Å²) in [4.78, 5) is 0. The first-order chi connectivity index (χ1) is 27.7. The average Bonchev–Trinajstić information content (AvgIpc) is 3.61. The van der Waals surface area contributed by atoms with Crippen LogP contribution < -0.4 is 0 Å². The van der Waals surface area contributed by atoms with Gasteiger partial charge in [0.15, 0.2) is 0 Å². The summed E-state index contributed by atoms with van der Waals surface area (Å²) in [5.74, 6) is 0. The second-order valence-electron chi connectivity index (χ2n) is 10.7. The lowest BCUT2D eigenvalue weighted by atomic mass is 9.86. The van der Waals surface area contributed by atoms with Crippen LogP contribution >= 0.6 is 0 Å². The fourth-order valence-electron chi connectivity index (χ4n) is 6.14. The molecule has 9 aromatic rings. The predicted octanol–water partition coefficient (Wildman–Crippen LogP) is 12.6. The van der Waals surface area contributed by atoms with Crippen molar-refractivity contribution in [2.45, 2.75) is 0 Å². The molecule has 0 N–H and O–H groups in total. The summed E-state index contributed by atoms with van der Waals surface area (Å²) in [6.07, 6.45) is 0. The maximum atomic E-state index is 9.18. The molecule has 0 aliphatic rings. The van der Waals surface area contributed by atoms with Gasteiger partial charge in [-0.15, -0.1) is 0 Å². The van der Waals surface area contributed by atoms with E-state index in [1.807, 2.05) is 72.8 Å². The maximum absolute atomic E-state index is 9.18. The van der Waals surface area contributed by atoms with Crippen LogP contribution in [0.2, 0.25) is 0 Å². The molecule has 8 aromatic carbocycles. The molecule has 0 aliphatic carbocycles. The molecule has 0 fully saturated rings. The molecule has 0 aliphatic heterocycles. The molecule has 1 heterocycles. The van der Waals surface area contributed by atoms with E-state index in [1.54, 1.807) is 12.1 Å². The zero-order valence-corrected chi connectivity index (χ0v) is 23.6. The first kappa shape index (κ1) is 15.7. The molecule has 0 atom stereocenters. The van der Waals surface area contributed by atoms with Gasteiger partial charge in [-0.05, 0) is 90.3 Å². The van der Waals surface area contributed by atoms with Crippen LogP contribution in [0.25, 0.3) is 88.0 Å². The Hall–Kier alpha value is -5.92. The van der Waals surface area contributed by atoms with Gasteiger partial charge in [0.05, 0.1) is 17.8 Å². The van der Waals surface area contributed by atoms with E-state index in [0.717, 1.165) is 38.6 Å². The van der Waals surface area contributed by atoms with Crippen molar-refractivity contribution in [2.24, 2.45) is 0 Å². The van der Waals surface area contributed by atoms with Gasteiger partial charge >= 0.3 is 0 Å². The third-order valence-corrected chi connectivity index (χ3v) is 8.21. The highest BCUT2D eigenvalue weighted by atomic mass is 16.3. The number of hydrogen-bond acceptors (Lipinski definition) is 1. The summed E-state index contributed by atoms with van der Waals surface area (Å²) in [6, 6.07) is 20.7. The minimum Gasteiger partial charge on any atom is -0.456 e. The van der Waals surface area contributed by atoms with Gasteiger partial charge in [-0.25, -0.2) is 0 Å². The van der Waals surface area contributed by atoms with Crippen molar-refractivity contribution in [3.05, 3.63) is 170 Å². The van der Waals surface area contributed by atoms with Gasteiger partial charge in [0, 0.05) is 10.8 Å². The fourth-order valence-corrected chi connectivity index (χ4v) is 6.14. The summed E-state index contributed by atoms with van der Waals surface area (Å²) >= 11 is 0. The number of rotatable bonds is 4. The number of furan rings is 1. The van der Waals surface area contributed by atoms with E-state index in [4.69, 9.17) is 19.5 Å². The molecule has 0 bridgehead atoms. The Balaban J connectivity index is 1.33. The van der Waals surface area contributed by atoms with Gasteiger partial charge in [0.1, 0.15) is 11.2 Å². The molecule has 0 spiro atoms. The van der Waals surface area contributed by atoms with Crippen molar-refractivity contribution >= 4 is 43.5 Å². The first-order valence-corrected chi connectivity index (χ1v) is 14.4. The van der Waals surface area contributed by atoms with Crippen LogP contribution in [0, 0.1) is 0 Å². The maximum Gasteiger partial charge on any atom is 0.135 e. The highest BCUT2D eigenvalue weighted by Gasteiger charge is 2.16. The van der Waals surface area contributed by atoms with Crippen molar-refractivity contribution < 1.29 is 22.2 Å². The third kappa shape index (κ3) is 4.24. The zero-order chi connectivity index (χ0) is 41.1. The molecule has 0 unspecified atom stereocenters. The van der Waals surface area contributed by atoms with E-state index in [9.17, 15) is 2.74 Å². The summed E-state index contributed by atoms with van der Waals surface area (Å²) in [7, 11) is 0. The van der Waals surface area contributed by atoms with E-state index in [0.29, 0.717) is 11.1 Å². The van der Waals surface area contributed by atoms with Crippen LogP contribution in [0.3, 0.4) is 0 Å². The minimum atomic E-state index is -0.711. The van der Waals surface area contributed by atoms with E-state index in [2.05, 4.69) is 6.07 Å². The Kier molecular flexibility index (Phi) is 3.62. The molecular formula is C44H28O. The fraction of sp³-hybridized carbons (Fsp3) is 0. The smallest absolute Gasteiger partial charge is 0.135 e. The Labute approximate surface area is 279 Å². The van der Waals surface area contributed by atoms with E-state index >= 15 is 0 Å². The minimum absolute atomic E-state index is 0.0800. The molecule has 0 radical (unpaired) electrons. The summed E-state index contributed by atoms with van der Waals surface area (Å²) in [5, 5.41) is 1.11. The van der Waals surface area contributed by atoms with Gasteiger partial charge in [-0.1, -0.05) is 145 Å². The highest BCUT2D eigenvalue weighted by Crippen LogP contribution is 2.44. The van der Waals surface area contributed by atoms with Crippen LogP contribution in [0.4, 0.5) is 0 Å². The van der Waals surface area contributed by atoms with Crippen LogP contribution in [0.1, 0.15) is 17.8 Å². The van der Waals surface area contributed by atoms with Crippen LogP contribution in [0.5, 0.6) is 0 Å². The molecule has 1 nitrogen and oxygen atoms in total. The van der Waals surface area contributed by atoms with E-state index in [-0.39, 0.29) is 32.7 Å². The molecule has 1 heteroatoms. The first-order valence-electron chi connectivity index (χ1n) is 20.9. The second kappa shape index (κ2) is 10.4. The molecule has 0 saturated carbocycles. The van der Waals surface area contributed by atoms with Crippen LogP contribution in [-0.4, -0.2) is 0 Å². The highest BCUT2D eigenvalue weighted by molar-refractivity contribution is 6.21. The quantitative estimate of drug-likeness (QED) is 0.187. The number of benzene rings is 8. The normalized spacial score (nSPS) is 15.6. The average molecular weight is 586 g/mol. The lowest BCUT2D eigenvalue weighted by molar-refractivity contribution is 0.669. The molecule has 0 saturated heterocycles. The lowest BCUT2D eigenvalue weighted by Gasteiger charge is -2.18. The molecule has 1 aromatic heterocycles. The van der Waals surface area contributed by atoms with Crippen LogP contribution in [0.15, 0.2) is 174 Å². The lowest BCUT2D eigenvalue weighted by Crippen LogP contribution is -1.90. The zero-order valence-electron chi connectivity index (χ0n) is 36.6. The molecule has 210 valence electrons. The summed E-state index contributed by atoms with van der Waals surface area (Å²) in [6.45, 7) is 0. The van der Waals surface area contributed by atoms with Gasteiger partial charge in [-0.2, -0.15) is 0 Å². The van der Waals surface area contributed by atoms with E-state index in [1.165, 1.54) is 0 Å². The Morgan fingerprint density at radius 1 is 0.333 bits per heavy atom. The predicted molar refractivity (Wildman–Crippen MR) is 190 cm³/mol. The Morgan fingerprint density at radius 2 is 0.756 bits per heavy atom. The van der Waals surface area contributed by atoms with Crippen molar-refractivity contribution in [1.82, 2.24) is 0 Å². The monoisotopic (exact) mass is 585 g/mol. The van der Waals surface area contributed by atoms with Crippen molar-refractivity contribution in [1.29, 1.82) is 0 Å². The summed E-state index contributed by atoms with van der Waals surface area (Å²) < 4.78 is 120. The van der Waals surface area contributed by atoms with Gasteiger partial charge in [-0.3, -0.25) is 0 Å². The van der Waals surface area contributed by atoms with Crippen molar-refractivity contribution in [3.63, 3.8) is 0 Å². The SMILES string of the molecule is [2H]c1c([2H])c([2H])c(-c2c3c([2H])c([2H])c([2H])c([2H])c3c(-c3ccc(-c4ccc5oc6ccc(-c7ccccc7)cc6c5c4)cc3)c3c([2H])c([2H])c([2H])c([2H])c23)c([2H])c1[2H]. The molecule has 9 rings (SSSR count). The standard InChI is InChI=1S/C44H28O/c1-3-11-29(12-4-1)33-23-25-41-39(27-33)40-28-34(24-26-42(40)45-41)30-19-21-32(22-20-30)44-37-17-9-7-15-35(37)43(31-13-5-2-6-14-31)36-16-8-10-18-38(36)44/h1-28H/i2D,5D,6D,7D,8D,9D,10D,13D,14D,15D,16D,17D,18D. The van der Waals surface area contributed by atoms with Crippen molar-refractivity contribution in [2.75, 3.05) is 0 Å². The van der Waals surface area contributed by atoms with Crippen molar-refractivity contribution in [3.8, 4) is 44.5 Å². The van der Waals surface area contributed by atoms with Crippen LogP contribution in [-0.2, 0) is 0 Å². The topological polar surface area (TPSA) is 13.1 Å². The third-order valence-electron chi connectivity index (χ3n) is 8.21.